The molecule has 1 saturated heterocycles. The molecule has 0 atom stereocenters. The van der Waals surface area contributed by atoms with E-state index < -0.39 is 0 Å². The molecule has 3 rings (SSSR count). The van der Waals surface area contributed by atoms with Crippen molar-refractivity contribution >= 4 is 23.5 Å². The van der Waals surface area contributed by atoms with Crippen LogP contribution in [0.1, 0.15) is 28.5 Å². The number of amides is 2. The summed E-state index contributed by atoms with van der Waals surface area (Å²) in [5.74, 6) is 0.395. The van der Waals surface area contributed by atoms with E-state index >= 15 is 0 Å². The molecule has 1 aliphatic heterocycles. The molecule has 148 valence electrons. The largest absolute Gasteiger partial charge is 0.450 e. The first-order valence-corrected chi connectivity index (χ1v) is 9.36. The molecule has 0 unspecified atom stereocenters. The number of hydrogen-bond donors (Lipinski definition) is 1. The van der Waals surface area contributed by atoms with Crippen LogP contribution in [0.5, 0.6) is 0 Å². The number of piperazine rings is 1. The van der Waals surface area contributed by atoms with Gasteiger partial charge in [0, 0.05) is 37.9 Å². The Morgan fingerprint density at radius 3 is 2.61 bits per heavy atom. The number of aryl methyl sites for hydroxylation is 1. The Hall–Kier alpha value is -3.16. The molecule has 0 radical (unpaired) electrons. The summed E-state index contributed by atoms with van der Waals surface area (Å²) in [4.78, 5) is 36.6. The normalized spacial score (nSPS) is 14.0. The number of benzene rings is 1. The summed E-state index contributed by atoms with van der Waals surface area (Å²) in [5.41, 5.74) is 3.22. The summed E-state index contributed by atoms with van der Waals surface area (Å²) in [6.07, 6.45) is 1.10. The van der Waals surface area contributed by atoms with Crippen LogP contribution in [0.15, 0.2) is 30.6 Å². The van der Waals surface area contributed by atoms with Gasteiger partial charge in [0.15, 0.2) is 0 Å². The first kappa shape index (κ1) is 19.6. The van der Waals surface area contributed by atoms with E-state index in [4.69, 9.17) is 4.74 Å². The fourth-order valence-corrected chi connectivity index (χ4v) is 3.05. The van der Waals surface area contributed by atoms with Crippen molar-refractivity contribution in [3.05, 3.63) is 47.4 Å². The monoisotopic (exact) mass is 383 g/mol. The van der Waals surface area contributed by atoms with E-state index in [-0.39, 0.29) is 12.0 Å². The predicted molar refractivity (Wildman–Crippen MR) is 107 cm³/mol. The molecule has 0 saturated carbocycles. The van der Waals surface area contributed by atoms with Gasteiger partial charge in [0.05, 0.1) is 6.61 Å². The second-order valence-corrected chi connectivity index (χ2v) is 6.64. The molecule has 28 heavy (non-hydrogen) atoms. The minimum Gasteiger partial charge on any atom is -0.450 e. The topological polar surface area (TPSA) is 87.7 Å². The van der Waals surface area contributed by atoms with Crippen LogP contribution in [0.25, 0.3) is 0 Å². The van der Waals surface area contributed by atoms with Crippen LogP contribution in [0.4, 0.5) is 16.3 Å². The van der Waals surface area contributed by atoms with Gasteiger partial charge in [-0.05, 0) is 38.0 Å². The van der Waals surface area contributed by atoms with Crippen molar-refractivity contribution in [2.75, 3.05) is 43.0 Å². The highest BCUT2D eigenvalue weighted by molar-refractivity contribution is 6.03. The minimum atomic E-state index is -0.293. The van der Waals surface area contributed by atoms with Gasteiger partial charge in [-0.25, -0.2) is 14.8 Å². The molecule has 0 aliphatic carbocycles. The molecule has 1 N–H and O–H groups in total. The Balaban J connectivity index is 1.66. The van der Waals surface area contributed by atoms with Crippen molar-refractivity contribution in [3.8, 4) is 0 Å². The van der Waals surface area contributed by atoms with Crippen LogP contribution in [0.3, 0.4) is 0 Å². The summed E-state index contributed by atoms with van der Waals surface area (Å²) < 4.78 is 5.04. The second-order valence-electron chi connectivity index (χ2n) is 6.64. The molecule has 1 aromatic carbocycles. The van der Waals surface area contributed by atoms with E-state index in [9.17, 15) is 9.59 Å². The number of carbonyl (C=O) groups is 2. The van der Waals surface area contributed by atoms with Gasteiger partial charge in [-0.2, -0.15) is 0 Å². The van der Waals surface area contributed by atoms with E-state index in [1.165, 1.54) is 6.33 Å². The van der Waals surface area contributed by atoms with Gasteiger partial charge in [0.1, 0.15) is 17.8 Å². The van der Waals surface area contributed by atoms with Crippen molar-refractivity contribution in [2.45, 2.75) is 20.8 Å². The molecule has 1 aliphatic rings. The smallest absolute Gasteiger partial charge is 0.409 e. The van der Waals surface area contributed by atoms with E-state index in [1.807, 2.05) is 36.9 Å². The van der Waals surface area contributed by atoms with Crippen LogP contribution in [0.2, 0.25) is 0 Å². The van der Waals surface area contributed by atoms with Gasteiger partial charge < -0.3 is 19.9 Å². The van der Waals surface area contributed by atoms with Gasteiger partial charge in [-0.3, -0.25) is 4.79 Å². The number of rotatable bonds is 4. The molecule has 8 nitrogen and oxygen atoms in total. The van der Waals surface area contributed by atoms with Crippen LogP contribution in [-0.2, 0) is 4.74 Å². The number of ether oxygens (including phenoxy) is 1. The van der Waals surface area contributed by atoms with E-state index in [1.54, 1.807) is 17.9 Å². The van der Waals surface area contributed by atoms with Crippen molar-refractivity contribution in [1.82, 2.24) is 14.9 Å². The predicted octanol–water partition coefficient (Wildman–Crippen LogP) is 2.62. The molecule has 2 heterocycles. The maximum absolute atomic E-state index is 12.6. The maximum atomic E-state index is 12.6. The van der Waals surface area contributed by atoms with Crippen molar-refractivity contribution in [2.24, 2.45) is 0 Å². The Labute approximate surface area is 164 Å². The number of anilines is 2. The summed E-state index contributed by atoms with van der Waals surface area (Å²) in [7, 11) is 0. The quantitative estimate of drug-likeness (QED) is 0.873. The lowest BCUT2D eigenvalue weighted by Crippen LogP contribution is -2.49. The lowest BCUT2D eigenvalue weighted by atomic mass is 10.1. The second kappa shape index (κ2) is 8.69. The lowest BCUT2D eigenvalue weighted by molar-refractivity contribution is 0.102. The van der Waals surface area contributed by atoms with Crippen LogP contribution < -0.4 is 10.2 Å². The standard InChI is InChI=1S/C20H25N5O3/c1-4-28-20(27)25-10-8-24(9-11-25)18-12-17(21-13-22-18)19(26)23-16-7-5-6-14(2)15(16)3/h5-7,12-13H,4,8-11H2,1-3H3,(H,23,26). The van der Waals surface area contributed by atoms with Gasteiger partial charge in [-0.1, -0.05) is 12.1 Å². The van der Waals surface area contributed by atoms with Crippen LogP contribution in [0, 0.1) is 13.8 Å². The van der Waals surface area contributed by atoms with Crippen LogP contribution in [-0.4, -0.2) is 59.7 Å². The van der Waals surface area contributed by atoms with Gasteiger partial charge in [-0.15, -0.1) is 0 Å². The molecule has 2 aromatic rings. The highest BCUT2D eigenvalue weighted by Crippen LogP contribution is 2.20. The van der Waals surface area contributed by atoms with Crippen molar-refractivity contribution in [1.29, 1.82) is 0 Å². The molecular formula is C20H25N5O3. The lowest BCUT2D eigenvalue weighted by Gasteiger charge is -2.34. The first-order chi connectivity index (χ1) is 13.5. The molecule has 0 bridgehead atoms. The van der Waals surface area contributed by atoms with Gasteiger partial charge in [0.2, 0.25) is 0 Å². The Bertz CT molecular complexity index is 863. The number of hydrogen-bond acceptors (Lipinski definition) is 6. The van der Waals surface area contributed by atoms with Crippen molar-refractivity contribution in [3.63, 3.8) is 0 Å². The van der Waals surface area contributed by atoms with E-state index in [0.29, 0.717) is 44.3 Å². The summed E-state index contributed by atoms with van der Waals surface area (Å²) >= 11 is 0. The Morgan fingerprint density at radius 1 is 1.14 bits per heavy atom. The summed E-state index contributed by atoms with van der Waals surface area (Å²) in [6.45, 7) is 8.47. The fourth-order valence-electron chi connectivity index (χ4n) is 3.05. The fraction of sp³-hybridized carbons (Fsp3) is 0.400. The average molecular weight is 383 g/mol. The third-order valence-electron chi connectivity index (χ3n) is 4.87. The zero-order valence-corrected chi connectivity index (χ0v) is 16.4. The maximum Gasteiger partial charge on any atom is 0.409 e. The van der Waals surface area contributed by atoms with E-state index in [0.717, 1.165) is 16.8 Å². The molecule has 1 fully saturated rings. The Kier molecular flexibility index (Phi) is 6.08. The number of aromatic nitrogens is 2. The summed E-state index contributed by atoms with van der Waals surface area (Å²) in [6, 6.07) is 7.47. The highest BCUT2D eigenvalue weighted by atomic mass is 16.6. The van der Waals surface area contributed by atoms with Crippen LogP contribution >= 0.6 is 0 Å². The molecule has 2 amide bonds. The minimum absolute atomic E-state index is 0.275. The first-order valence-electron chi connectivity index (χ1n) is 9.36. The third-order valence-corrected chi connectivity index (χ3v) is 4.87. The van der Waals surface area contributed by atoms with Crippen molar-refractivity contribution < 1.29 is 14.3 Å². The molecular weight excluding hydrogens is 358 g/mol. The van der Waals surface area contributed by atoms with Gasteiger partial charge >= 0.3 is 6.09 Å². The average Bonchev–Trinajstić information content (AvgIpc) is 2.72. The molecule has 1 aromatic heterocycles. The summed E-state index contributed by atoms with van der Waals surface area (Å²) in [5, 5.41) is 2.92. The number of nitrogens with one attached hydrogen (secondary N) is 1. The molecule has 0 spiro atoms. The zero-order chi connectivity index (χ0) is 20.1. The number of nitrogens with zero attached hydrogens (tertiary/aromatic N) is 4. The SMILES string of the molecule is CCOC(=O)N1CCN(c2cc(C(=O)Nc3cccc(C)c3C)ncn2)CC1. The molecule has 8 heteroatoms. The number of carbonyl (C=O) groups excluding carboxylic acids is 2. The van der Waals surface area contributed by atoms with Gasteiger partial charge in [0.25, 0.3) is 5.91 Å². The zero-order valence-electron chi connectivity index (χ0n) is 16.4. The highest BCUT2D eigenvalue weighted by Gasteiger charge is 2.23. The third kappa shape index (κ3) is 4.39. The van der Waals surface area contributed by atoms with E-state index in [2.05, 4.69) is 15.3 Å². The Morgan fingerprint density at radius 2 is 1.89 bits per heavy atom.